The molecule has 0 N–H and O–H groups in total. The Morgan fingerprint density at radius 1 is 1.00 bits per heavy atom. The lowest BCUT2D eigenvalue weighted by Gasteiger charge is -2.24. The predicted octanol–water partition coefficient (Wildman–Crippen LogP) is -0.676. The van der Waals surface area contributed by atoms with Crippen LogP contribution in [0.15, 0.2) is 12.3 Å². The van der Waals surface area contributed by atoms with Gasteiger partial charge in [0, 0.05) is 19.8 Å². The van der Waals surface area contributed by atoms with E-state index < -0.39 is 8.80 Å². The van der Waals surface area contributed by atoms with Gasteiger partial charge in [-0.15, -0.1) is 0 Å². The first-order valence-electron chi connectivity index (χ1n) is 5.11. The summed E-state index contributed by atoms with van der Waals surface area (Å²) < 4.78 is 20.8. The fourth-order valence-corrected chi connectivity index (χ4v) is 2.72. The highest BCUT2D eigenvalue weighted by Crippen LogP contribution is 2.10. The van der Waals surface area contributed by atoms with Crippen LogP contribution in [0.3, 0.4) is 0 Å². The highest BCUT2D eigenvalue weighted by molar-refractivity contribution is 6.66. The van der Waals surface area contributed by atoms with E-state index in [-0.39, 0.29) is 0 Å². The van der Waals surface area contributed by atoms with Gasteiger partial charge in [0.2, 0.25) is 0 Å². The molecule has 0 aliphatic rings. The van der Waals surface area contributed by atoms with Crippen molar-refractivity contribution in [1.82, 2.24) is 0 Å². The molecule has 92 valence electrons. The van der Waals surface area contributed by atoms with Crippen molar-refractivity contribution in [1.29, 1.82) is 0 Å². The van der Waals surface area contributed by atoms with Crippen LogP contribution in [0, 0.1) is 0 Å². The molecule has 0 bridgehead atoms. The van der Waals surface area contributed by atoms with Crippen LogP contribution < -0.4 is 0 Å². The van der Waals surface area contributed by atoms with Crippen molar-refractivity contribution in [3.8, 4) is 0 Å². The van der Waals surface area contributed by atoms with Crippen molar-refractivity contribution in [3.63, 3.8) is 0 Å². The van der Waals surface area contributed by atoms with Gasteiger partial charge in [-0.05, 0) is 26.5 Å². The second-order valence-electron chi connectivity index (χ2n) is 2.51. The molecule has 0 aliphatic heterocycles. The summed E-state index contributed by atoms with van der Waals surface area (Å²) in [5.41, 5.74) is 1.67. The molecule has 0 aromatic heterocycles. The second kappa shape index (κ2) is 12.3. The summed E-state index contributed by atoms with van der Waals surface area (Å²) >= 11 is 0. The zero-order valence-corrected chi connectivity index (χ0v) is 15.5. The van der Waals surface area contributed by atoms with Crippen LogP contribution in [0.1, 0.15) is 20.8 Å². The largest absolute Gasteiger partial charge is 0.528 e. The van der Waals surface area contributed by atoms with Crippen LogP contribution in [0.5, 0.6) is 0 Å². The Morgan fingerprint density at radius 3 is 1.40 bits per heavy atom. The Balaban J connectivity index is 0. The summed E-state index contributed by atoms with van der Waals surface area (Å²) in [4.78, 5) is 0. The quantitative estimate of drug-likeness (QED) is 0.574. The van der Waals surface area contributed by atoms with Crippen molar-refractivity contribution in [2.45, 2.75) is 20.8 Å². The van der Waals surface area contributed by atoms with Gasteiger partial charge in [-0.2, -0.15) is 0 Å². The van der Waals surface area contributed by atoms with Crippen LogP contribution in [0.2, 0.25) is 0 Å². The zero-order valence-electron chi connectivity index (χ0n) is 10.5. The molecule has 0 fully saturated rings. The van der Waals surface area contributed by atoms with Gasteiger partial charge >= 0.3 is 8.80 Å². The Kier molecular flexibility index (Phi) is 14.4. The lowest BCUT2D eigenvalue weighted by molar-refractivity contribution is 0.0844. The fraction of sp³-hybridized carbons (Fsp3) is 0.750. The van der Waals surface area contributed by atoms with E-state index in [1.54, 1.807) is 5.70 Å². The first-order chi connectivity index (χ1) is 7.16. The van der Waals surface area contributed by atoms with Crippen LogP contribution in [0.4, 0.5) is 0 Å². The van der Waals surface area contributed by atoms with Crippen LogP contribution in [-0.2, 0) is 17.4 Å². The predicted molar refractivity (Wildman–Crippen MR) is 71.8 cm³/mol. The monoisotopic (exact) mass is 268 g/mol. The van der Waals surface area contributed by atoms with Crippen molar-refractivity contribution in [2.24, 2.45) is 0 Å². The zero-order chi connectivity index (χ0) is 12.2. The minimum Gasteiger partial charge on any atom is -0.471 e. The van der Waals surface area contributed by atoms with Gasteiger partial charge in [0.15, 0.2) is 0 Å². The lowest BCUT2D eigenvalue weighted by atomic mass is 10.9. The third kappa shape index (κ3) is 9.18. The number of rotatable bonds is 7. The minimum atomic E-state index is -2.51. The summed E-state index contributed by atoms with van der Waals surface area (Å²) in [6.07, 6.45) is 0. The third-order valence-electron chi connectivity index (χ3n) is 1.29. The average Bonchev–Trinajstić information content (AvgIpc) is 2.20. The Bertz CT molecular complexity index is 129. The van der Waals surface area contributed by atoms with Crippen molar-refractivity contribution in [2.75, 3.05) is 19.8 Å². The number of hydrogen-bond acceptors (Lipinski definition) is 4. The first kappa shape index (κ1) is 17.6. The SMILES string of the molecule is C=C[Si](OCC)(OCC)OCC.[SiH3]O[SiH3]. The fourth-order valence-electron chi connectivity index (χ4n) is 0.905. The Hall–Kier alpha value is 0.231. The van der Waals surface area contributed by atoms with Gasteiger partial charge < -0.3 is 17.4 Å². The summed E-state index contributed by atoms with van der Waals surface area (Å²) in [6.45, 7) is 11.2. The van der Waals surface area contributed by atoms with E-state index in [1.807, 2.05) is 20.8 Å². The van der Waals surface area contributed by atoms with E-state index in [0.29, 0.717) is 19.8 Å². The molecular formula is C8H24O4Si3. The molecule has 0 unspecified atom stereocenters. The first-order valence-corrected chi connectivity index (χ1v) is 8.55. The van der Waals surface area contributed by atoms with Crippen molar-refractivity contribution < 1.29 is 17.4 Å². The van der Waals surface area contributed by atoms with Crippen LogP contribution >= 0.6 is 0 Å². The lowest BCUT2D eigenvalue weighted by Crippen LogP contribution is -2.44. The molecular weight excluding hydrogens is 244 g/mol. The molecule has 0 saturated heterocycles. The second-order valence-corrected chi connectivity index (χ2v) is 8.26. The molecule has 0 heterocycles. The Labute approximate surface area is 100 Å². The summed E-state index contributed by atoms with van der Waals surface area (Å²) in [7, 11) is -0.644. The van der Waals surface area contributed by atoms with E-state index in [4.69, 9.17) is 13.3 Å². The molecule has 4 nitrogen and oxygen atoms in total. The molecule has 7 heteroatoms. The highest BCUT2D eigenvalue weighted by Gasteiger charge is 2.36. The average molecular weight is 269 g/mol. The smallest absolute Gasteiger partial charge is 0.471 e. The summed E-state index contributed by atoms with van der Waals surface area (Å²) in [5.74, 6) is 0. The van der Waals surface area contributed by atoms with E-state index in [2.05, 4.69) is 10.7 Å². The van der Waals surface area contributed by atoms with Gasteiger partial charge in [-0.1, -0.05) is 6.58 Å². The van der Waals surface area contributed by atoms with E-state index >= 15 is 0 Å². The van der Waals surface area contributed by atoms with Gasteiger partial charge in [0.1, 0.15) is 21.0 Å². The van der Waals surface area contributed by atoms with Gasteiger partial charge in [0.25, 0.3) is 0 Å². The molecule has 15 heavy (non-hydrogen) atoms. The topological polar surface area (TPSA) is 36.9 Å². The van der Waals surface area contributed by atoms with Gasteiger partial charge in [0.05, 0.1) is 0 Å². The maximum absolute atomic E-state index is 5.44. The molecule has 0 saturated carbocycles. The van der Waals surface area contributed by atoms with Crippen LogP contribution in [0.25, 0.3) is 0 Å². The Morgan fingerprint density at radius 2 is 1.27 bits per heavy atom. The molecule has 0 aliphatic carbocycles. The van der Waals surface area contributed by atoms with E-state index in [9.17, 15) is 0 Å². The maximum Gasteiger partial charge on any atom is 0.528 e. The summed E-state index contributed by atoms with van der Waals surface area (Å²) in [6, 6.07) is 0. The standard InChI is InChI=1S/C8H18O3Si.H6OSi2/c1-5-9-12(8-4,10-6-2)11-7-3;2-1-3/h8H,4-7H2,1-3H3;2-3H3. The molecule has 0 atom stereocenters. The third-order valence-corrected chi connectivity index (χ3v) is 3.86. The summed E-state index contributed by atoms with van der Waals surface area (Å²) in [5, 5.41) is 0. The maximum atomic E-state index is 5.44. The minimum absolute atomic E-state index is 0.595. The molecule has 0 aromatic carbocycles. The molecule has 0 rings (SSSR count). The van der Waals surface area contributed by atoms with Crippen LogP contribution in [-0.4, -0.2) is 49.6 Å². The molecule has 0 spiro atoms. The highest BCUT2D eigenvalue weighted by atomic mass is 28.4. The molecule has 0 amide bonds. The van der Waals surface area contributed by atoms with Crippen molar-refractivity contribution >= 4 is 29.8 Å². The molecule has 0 aromatic rings. The van der Waals surface area contributed by atoms with E-state index in [1.165, 1.54) is 0 Å². The van der Waals surface area contributed by atoms with Gasteiger partial charge in [-0.25, -0.2) is 0 Å². The molecule has 0 radical (unpaired) electrons. The van der Waals surface area contributed by atoms with Gasteiger partial charge in [-0.3, -0.25) is 0 Å². The normalized spacial score (nSPS) is 10.9. The number of hydrogen-bond donors (Lipinski definition) is 0. The van der Waals surface area contributed by atoms with E-state index in [0.717, 1.165) is 21.0 Å². The van der Waals surface area contributed by atoms with Crippen molar-refractivity contribution in [3.05, 3.63) is 12.3 Å².